The molecule has 3 nitrogen and oxygen atoms in total. The zero-order valence-corrected chi connectivity index (χ0v) is 8.73. The van der Waals surface area contributed by atoms with Gasteiger partial charge >= 0.3 is 0 Å². The third-order valence-corrected chi connectivity index (χ3v) is 3.92. The smallest absolute Gasteiger partial charge is 0.150 e. The van der Waals surface area contributed by atoms with E-state index >= 15 is 0 Å². The largest absolute Gasteiger partial charge is 0.330 e. The number of rotatable bonds is 6. The first-order chi connectivity index (χ1) is 5.55. The van der Waals surface area contributed by atoms with Gasteiger partial charge in [-0.05, 0) is 18.9 Å². The summed E-state index contributed by atoms with van der Waals surface area (Å²) in [5.74, 6) is 0.902. The standard InChI is InChI=1S/C8H19NO2S/c1-3-8(7-9)5-6-12(10,11)4-2/h8H,3-7,9H2,1-2H3. The molecule has 1 unspecified atom stereocenters. The highest BCUT2D eigenvalue weighted by molar-refractivity contribution is 7.91. The van der Waals surface area contributed by atoms with E-state index in [2.05, 4.69) is 0 Å². The fraction of sp³-hybridized carbons (Fsp3) is 1.00. The van der Waals surface area contributed by atoms with E-state index in [0.29, 0.717) is 24.6 Å². The minimum atomic E-state index is -2.79. The summed E-state index contributed by atoms with van der Waals surface area (Å²) in [4.78, 5) is 0. The van der Waals surface area contributed by atoms with Gasteiger partial charge < -0.3 is 5.73 Å². The van der Waals surface area contributed by atoms with Crippen LogP contribution >= 0.6 is 0 Å². The average molecular weight is 193 g/mol. The second kappa shape index (κ2) is 5.54. The predicted molar refractivity (Wildman–Crippen MR) is 51.8 cm³/mol. The van der Waals surface area contributed by atoms with E-state index in [1.165, 1.54) is 0 Å². The van der Waals surface area contributed by atoms with Gasteiger partial charge in [-0.25, -0.2) is 8.42 Å². The Morgan fingerprint density at radius 1 is 1.33 bits per heavy atom. The lowest BCUT2D eigenvalue weighted by molar-refractivity contribution is 0.499. The minimum absolute atomic E-state index is 0.244. The molecule has 0 spiro atoms. The molecule has 0 aromatic heterocycles. The molecule has 0 saturated carbocycles. The van der Waals surface area contributed by atoms with E-state index in [9.17, 15) is 8.42 Å². The molecule has 4 heteroatoms. The van der Waals surface area contributed by atoms with Crippen molar-refractivity contribution < 1.29 is 8.42 Å². The minimum Gasteiger partial charge on any atom is -0.330 e. The molecule has 0 amide bonds. The first-order valence-electron chi connectivity index (χ1n) is 4.46. The van der Waals surface area contributed by atoms with Crippen molar-refractivity contribution in [1.82, 2.24) is 0 Å². The van der Waals surface area contributed by atoms with E-state index < -0.39 is 9.84 Å². The Kier molecular flexibility index (Phi) is 5.50. The molecule has 0 aliphatic rings. The highest BCUT2D eigenvalue weighted by atomic mass is 32.2. The van der Waals surface area contributed by atoms with Crippen molar-refractivity contribution in [2.45, 2.75) is 26.7 Å². The third-order valence-electron chi connectivity index (χ3n) is 2.19. The number of hydrogen-bond acceptors (Lipinski definition) is 3. The van der Waals surface area contributed by atoms with Gasteiger partial charge in [-0.2, -0.15) is 0 Å². The molecular weight excluding hydrogens is 174 g/mol. The van der Waals surface area contributed by atoms with Crippen molar-refractivity contribution in [3.8, 4) is 0 Å². The Hall–Kier alpha value is -0.0900. The first kappa shape index (κ1) is 11.9. The molecule has 0 radical (unpaired) electrons. The Balaban J connectivity index is 3.81. The van der Waals surface area contributed by atoms with E-state index in [4.69, 9.17) is 5.73 Å². The summed E-state index contributed by atoms with van der Waals surface area (Å²) in [6.45, 7) is 4.31. The van der Waals surface area contributed by atoms with Crippen LogP contribution in [0.3, 0.4) is 0 Å². The van der Waals surface area contributed by atoms with Crippen molar-refractivity contribution in [1.29, 1.82) is 0 Å². The summed E-state index contributed by atoms with van der Waals surface area (Å²) in [6, 6.07) is 0. The lowest BCUT2D eigenvalue weighted by Crippen LogP contribution is -2.18. The Morgan fingerprint density at radius 3 is 2.25 bits per heavy atom. The molecule has 0 saturated heterocycles. The summed E-state index contributed by atoms with van der Waals surface area (Å²) in [5, 5.41) is 0. The second-order valence-corrected chi connectivity index (χ2v) is 5.51. The van der Waals surface area contributed by atoms with Crippen LogP contribution in [0.25, 0.3) is 0 Å². The normalized spacial score (nSPS) is 14.6. The van der Waals surface area contributed by atoms with Gasteiger partial charge in [0.05, 0.1) is 5.75 Å². The zero-order valence-electron chi connectivity index (χ0n) is 7.91. The van der Waals surface area contributed by atoms with Gasteiger partial charge in [-0.3, -0.25) is 0 Å². The molecule has 1 atom stereocenters. The molecule has 0 fully saturated rings. The molecule has 12 heavy (non-hydrogen) atoms. The monoisotopic (exact) mass is 193 g/mol. The Bertz CT molecular complexity index is 195. The summed E-state index contributed by atoms with van der Waals surface area (Å²) < 4.78 is 22.2. The summed E-state index contributed by atoms with van der Waals surface area (Å²) in [6.07, 6.45) is 1.68. The van der Waals surface area contributed by atoms with E-state index in [1.807, 2.05) is 6.92 Å². The molecule has 2 N–H and O–H groups in total. The second-order valence-electron chi connectivity index (χ2n) is 3.04. The maximum Gasteiger partial charge on any atom is 0.150 e. The van der Waals surface area contributed by atoms with Crippen LogP contribution in [0, 0.1) is 5.92 Å². The van der Waals surface area contributed by atoms with Gasteiger partial charge in [-0.15, -0.1) is 0 Å². The van der Waals surface area contributed by atoms with Crippen LogP contribution < -0.4 is 5.73 Å². The first-order valence-corrected chi connectivity index (χ1v) is 6.28. The van der Waals surface area contributed by atoms with Crippen molar-refractivity contribution in [3.63, 3.8) is 0 Å². The van der Waals surface area contributed by atoms with Crippen LogP contribution in [0.15, 0.2) is 0 Å². The summed E-state index contributed by atoms with van der Waals surface area (Å²) in [5.41, 5.74) is 5.46. The van der Waals surface area contributed by atoms with Crippen molar-refractivity contribution >= 4 is 9.84 Å². The van der Waals surface area contributed by atoms with Gasteiger partial charge in [0.2, 0.25) is 0 Å². The molecule has 0 aliphatic carbocycles. The highest BCUT2D eigenvalue weighted by Crippen LogP contribution is 2.07. The van der Waals surface area contributed by atoms with Gasteiger partial charge in [0.15, 0.2) is 0 Å². The SMILES string of the molecule is CCC(CN)CCS(=O)(=O)CC. The molecular formula is C8H19NO2S. The maximum absolute atomic E-state index is 11.1. The van der Waals surface area contributed by atoms with Gasteiger partial charge in [0.25, 0.3) is 0 Å². The highest BCUT2D eigenvalue weighted by Gasteiger charge is 2.11. The van der Waals surface area contributed by atoms with Crippen LogP contribution in [0.2, 0.25) is 0 Å². The lowest BCUT2D eigenvalue weighted by atomic mass is 10.0. The van der Waals surface area contributed by atoms with Crippen LogP contribution in [0.1, 0.15) is 26.7 Å². The topological polar surface area (TPSA) is 60.2 Å². The van der Waals surface area contributed by atoms with Crippen LogP contribution in [-0.2, 0) is 9.84 Å². The maximum atomic E-state index is 11.1. The van der Waals surface area contributed by atoms with Crippen molar-refractivity contribution in [2.24, 2.45) is 11.7 Å². The molecule has 0 aliphatic heterocycles. The molecule has 0 aromatic carbocycles. The fourth-order valence-corrected chi connectivity index (χ4v) is 1.96. The third kappa shape index (κ3) is 4.72. The van der Waals surface area contributed by atoms with E-state index in [-0.39, 0.29) is 5.75 Å². The lowest BCUT2D eigenvalue weighted by Gasteiger charge is -2.10. The van der Waals surface area contributed by atoms with Crippen molar-refractivity contribution in [3.05, 3.63) is 0 Å². The molecule has 0 aromatic rings. The average Bonchev–Trinajstić information content (AvgIpc) is 2.06. The quantitative estimate of drug-likeness (QED) is 0.678. The Morgan fingerprint density at radius 2 is 1.92 bits per heavy atom. The number of sulfone groups is 1. The van der Waals surface area contributed by atoms with E-state index in [0.717, 1.165) is 6.42 Å². The van der Waals surface area contributed by atoms with Gasteiger partial charge in [-0.1, -0.05) is 20.3 Å². The molecule has 0 heterocycles. The van der Waals surface area contributed by atoms with Crippen LogP contribution in [0.5, 0.6) is 0 Å². The zero-order chi connectivity index (χ0) is 9.61. The van der Waals surface area contributed by atoms with Gasteiger partial charge in [0, 0.05) is 5.75 Å². The molecule has 0 bridgehead atoms. The Labute approximate surface area is 75.3 Å². The summed E-state index contributed by atoms with van der Waals surface area (Å²) >= 11 is 0. The van der Waals surface area contributed by atoms with Crippen LogP contribution in [0.4, 0.5) is 0 Å². The molecule has 0 rings (SSSR count). The number of nitrogens with two attached hydrogens (primary N) is 1. The fourth-order valence-electron chi connectivity index (χ4n) is 0.979. The van der Waals surface area contributed by atoms with Crippen molar-refractivity contribution in [2.75, 3.05) is 18.1 Å². The van der Waals surface area contributed by atoms with Crippen LogP contribution in [-0.4, -0.2) is 26.5 Å². The summed E-state index contributed by atoms with van der Waals surface area (Å²) in [7, 11) is -2.79. The van der Waals surface area contributed by atoms with Gasteiger partial charge in [0.1, 0.15) is 9.84 Å². The molecule has 74 valence electrons. The van der Waals surface area contributed by atoms with E-state index in [1.54, 1.807) is 6.92 Å². The number of hydrogen-bond donors (Lipinski definition) is 1. The predicted octanol–water partition coefficient (Wildman–Crippen LogP) is 0.796.